The van der Waals surface area contributed by atoms with Gasteiger partial charge in [0.05, 0.1) is 5.56 Å². The van der Waals surface area contributed by atoms with Gasteiger partial charge in [0, 0.05) is 12.4 Å². The molecule has 0 fully saturated rings. The molecule has 0 saturated carbocycles. The van der Waals surface area contributed by atoms with Crippen molar-refractivity contribution in [3.05, 3.63) is 35.8 Å². The highest BCUT2D eigenvalue weighted by atomic mass is 35.5. The van der Waals surface area contributed by atoms with Crippen molar-refractivity contribution in [2.24, 2.45) is 0 Å². The van der Waals surface area contributed by atoms with Crippen molar-refractivity contribution < 1.29 is 23.1 Å². The average Bonchev–Trinajstić information content (AvgIpc) is 2.58. The van der Waals surface area contributed by atoms with Crippen molar-refractivity contribution in [1.82, 2.24) is 9.38 Å². The van der Waals surface area contributed by atoms with E-state index in [1.165, 1.54) is 4.40 Å². The third-order valence-corrected chi connectivity index (χ3v) is 2.01. The molecule has 2 rings (SSSR count). The summed E-state index contributed by atoms with van der Waals surface area (Å²) < 4.78 is 38.2. The number of aromatic carboxylic acids is 1. The molecule has 0 atom stereocenters. The fourth-order valence-corrected chi connectivity index (χ4v) is 1.26. The molecule has 8 heteroatoms. The van der Waals surface area contributed by atoms with E-state index in [0.717, 1.165) is 24.5 Å². The second kappa shape index (κ2) is 4.25. The van der Waals surface area contributed by atoms with Crippen molar-refractivity contribution in [2.45, 2.75) is 6.18 Å². The van der Waals surface area contributed by atoms with Gasteiger partial charge in [-0.05, 0) is 12.1 Å². The van der Waals surface area contributed by atoms with Crippen LogP contribution in [0.2, 0.25) is 0 Å². The van der Waals surface area contributed by atoms with E-state index in [9.17, 15) is 18.0 Å². The van der Waals surface area contributed by atoms with Gasteiger partial charge in [0.25, 0.3) is 0 Å². The normalized spacial score (nSPS) is 11.2. The monoisotopic (exact) mass is 266 g/mol. The van der Waals surface area contributed by atoms with Crippen LogP contribution in [-0.4, -0.2) is 20.5 Å². The highest BCUT2D eigenvalue weighted by Gasteiger charge is 2.30. The first-order valence-corrected chi connectivity index (χ1v) is 4.17. The van der Waals surface area contributed by atoms with Gasteiger partial charge in [-0.3, -0.25) is 0 Å². The minimum absolute atomic E-state index is 0. The number of pyridine rings is 1. The Bertz CT molecular complexity index is 565. The van der Waals surface area contributed by atoms with E-state index in [2.05, 4.69) is 4.98 Å². The Balaban J connectivity index is 0.00000144. The maximum atomic E-state index is 12.3. The molecule has 2 aromatic heterocycles. The van der Waals surface area contributed by atoms with Gasteiger partial charge in [-0.25, -0.2) is 9.78 Å². The maximum Gasteiger partial charge on any atom is 0.416 e. The van der Waals surface area contributed by atoms with Gasteiger partial charge >= 0.3 is 12.1 Å². The van der Waals surface area contributed by atoms with Gasteiger partial charge in [0.2, 0.25) is 0 Å². The molecule has 0 aliphatic heterocycles. The number of hydrogen-bond donors (Lipinski definition) is 1. The summed E-state index contributed by atoms with van der Waals surface area (Å²) in [6.07, 6.45) is -2.19. The second-order valence-electron chi connectivity index (χ2n) is 3.11. The Morgan fingerprint density at radius 3 is 2.59 bits per heavy atom. The van der Waals surface area contributed by atoms with E-state index in [1.807, 2.05) is 0 Å². The zero-order valence-corrected chi connectivity index (χ0v) is 8.92. The number of carboxylic acid groups (broad SMARTS) is 1. The van der Waals surface area contributed by atoms with Crippen molar-refractivity contribution >= 4 is 24.0 Å². The van der Waals surface area contributed by atoms with Crippen LogP contribution in [0.5, 0.6) is 0 Å². The molecule has 1 N–H and O–H groups in total. The van der Waals surface area contributed by atoms with Gasteiger partial charge in [-0.1, -0.05) is 0 Å². The van der Waals surface area contributed by atoms with Crippen LogP contribution in [0, 0.1) is 0 Å². The number of hydrogen-bond acceptors (Lipinski definition) is 2. The molecule has 0 amide bonds. The molecular formula is C9H6ClF3N2O2. The lowest BCUT2D eigenvalue weighted by Gasteiger charge is -2.05. The molecule has 0 spiro atoms. The van der Waals surface area contributed by atoms with Crippen molar-refractivity contribution in [1.29, 1.82) is 0 Å². The first kappa shape index (κ1) is 13.3. The minimum atomic E-state index is -4.46. The Hall–Kier alpha value is -1.76. The average molecular weight is 267 g/mol. The predicted octanol–water partition coefficient (Wildman–Crippen LogP) is 2.47. The summed E-state index contributed by atoms with van der Waals surface area (Å²) in [5.74, 6) is -1.28. The van der Waals surface area contributed by atoms with Crippen molar-refractivity contribution in [3.63, 3.8) is 0 Å². The zero-order chi connectivity index (χ0) is 11.9. The van der Waals surface area contributed by atoms with Crippen LogP contribution in [0.15, 0.2) is 24.5 Å². The Kier molecular flexibility index (Phi) is 3.33. The zero-order valence-electron chi connectivity index (χ0n) is 8.10. The van der Waals surface area contributed by atoms with Gasteiger partial charge < -0.3 is 9.51 Å². The maximum absolute atomic E-state index is 12.3. The minimum Gasteiger partial charge on any atom is -0.476 e. The number of carbonyl (C=O) groups is 1. The van der Waals surface area contributed by atoms with Crippen molar-refractivity contribution in [2.75, 3.05) is 0 Å². The fraction of sp³-hybridized carbons (Fsp3) is 0.111. The summed E-state index contributed by atoms with van der Waals surface area (Å²) in [6, 6.07) is 1.66. The van der Waals surface area contributed by atoms with Gasteiger partial charge in [0.1, 0.15) is 5.65 Å². The van der Waals surface area contributed by atoms with Crippen LogP contribution in [0.1, 0.15) is 16.1 Å². The smallest absolute Gasteiger partial charge is 0.416 e. The van der Waals surface area contributed by atoms with Crippen LogP contribution in [0.4, 0.5) is 13.2 Å². The SMILES string of the molecule is Cl.O=C(O)c1cn2ccc(C(F)(F)F)cc2n1. The van der Waals surface area contributed by atoms with Gasteiger partial charge in [-0.2, -0.15) is 13.2 Å². The number of aromatic nitrogens is 2. The number of carboxylic acids is 1. The molecule has 0 saturated heterocycles. The van der Waals surface area contributed by atoms with Crippen LogP contribution in [-0.2, 0) is 6.18 Å². The summed E-state index contributed by atoms with van der Waals surface area (Å²) in [6.45, 7) is 0. The van der Waals surface area contributed by atoms with Crippen LogP contribution < -0.4 is 0 Å². The number of rotatable bonds is 1. The topological polar surface area (TPSA) is 54.6 Å². The molecule has 2 aromatic rings. The molecular weight excluding hydrogens is 261 g/mol. The largest absolute Gasteiger partial charge is 0.476 e. The Morgan fingerprint density at radius 2 is 2.06 bits per heavy atom. The molecule has 0 bridgehead atoms. The summed E-state index contributed by atoms with van der Waals surface area (Å²) in [5.41, 5.74) is -1.20. The van der Waals surface area contributed by atoms with E-state index >= 15 is 0 Å². The fourth-order valence-electron chi connectivity index (χ4n) is 1.26. The number of halogens is 4. The highest BCUT2D eigenvalue weighted by Crippen LogP contribution is 2.29. The van der Waals surface area contributed by atoms with Crippen LogP contribution in [0.3, 0.4) is 0 Å². The third-order valence-electron chi connectivity index (χ3n) is 2.01. The van der Waals surface area contributed by atoms with E-state index < -0.39 is 17.7 Å². The molecule has 17 heavy (non-hydrogen) atoms. The van der Waals surface area contributed by atoms with E-state index in [1.54, 1.807) is 0 Å². The summed E-state index contributed by atoms with van der Waals surface area (Å²) in [7, 11) is 0. The predicted molar refractivity (Wildman–Crippen MR) is 54.4 cm³/mol. The van der Waals surface area contributed by atoms with Gasteiger partial charge in [-0.15, -0.1) is 12.4 Å². The lowest BCUT2D eigenvalue weighted by Crippen LogP contribution is -2.05. The van der Waals surface area contributed by atoms with E-state index in [-0.39, 0.29) is 23.7 Å². The Labute approximate surface area is 99.1 Å². The molecule has 0 aliphatic rings. The van der Waals surface area contributed by atoms with Crippen LogP contribution in [0.25, 0.3) is 5.65 Å². The summed E-state index contributed by atoms with van der Waals surface area (Å²) in [5, 5.41) is 8.62. The number of alkyl halides is 3. The lowest BCUT2D eigenvalue weighted by atomic mass is 10.2. The summed E-state index contributed by atoms with van der Waals surface area (Å²) in [4.78, 5) is 14.1. The molecule has 4 nitrogen and oxygen atoms in total. The van der Waals surface area contributed by atoms with E-state index in [4.69, 9.17) is 5.11 Å². The highest BCUT2D eigenvalue weighted by molar-refractivity contribution is 5.86. The first-order valence-electron chi connectivity index (χ1n) is 4.17. The number of fused-ring (bicyclic) bond motifs is 1. The molecule has 0 aromatic carbocycles. The Morgan fingerprint density at radius 1 is 1.41 bits per heavy atom. The first-order chi connectivity index (χ1) is 7.38. The molecule has 2 heterocycles. The van der Waals surface area contributed by atoms with Gasteiger partial charge in [0.15, 0.2) is 5.69 Å². The quantitative estimate of drug-likeness (QED) is 0.863. The lowest BCUT2D eigenvalue weighted by molar-refractivity contribution is -0.137. The summed E-state index contributed by atoms with van der Waals surface area (Å²) >= 11 is 0. The second-order valence-corrected chi connectivity index (χ2v) is 3.11. The number of nitrogens with zero attached hydrogens (tertiary/aromatic N) is 2. The third kappa shape index (κ3) is 2.50. The molecule has 92 valence electrons. The molecule has 0 aliphatic carbocycles. The molecule has 0 unspecified atom stereocenters. The number of imidazole rings is 1. The van der Waals surface area contributed by atoms with E-state index in [0.29, 0.717) is 0 Å². The van der Waals surface area contributed by atoms with Crippen molar-refractivity contribution in [3.8, 4) is 0 Å². The van der Waals surface area contributed by atoms with Crippen LogP contribution >= 0.6 is 12.4 Å². The molecule has 0 radical (unpaired) electrons. The standard InChI is InChI=1S/C9H5F3N2O2.ClH/c10-9(11,12)5-1-2-14-4-6(8(15)16)13-7(14)3-5;/h1-4H,(H,15,16);1H.